The van der Waals surface area contributed by atoms with Gasteiger partial charge in [0.25, 0.3) is 0 Å². The Morgan fingerprint density at radius 1 is 1.35 bits per heavy atom. The summed E-state index contributed by atoms with van der Waals surface area (Å²) in [4.78, 5) is 0.264. The Morgan fingerprint density at radius 3 is 2.53 bits per heavy atom. The highest BCUT2D eigenvalue weighted by Gasteiger charge is 2.18. The van der Waals surface area contributed by atoms with E-state index in [1.54, 1.807) is 12.1 Å². The summed E-state index contributed by atoms with van der Waals surface area (Å²) in [6.45, 7) is 3.35. The molecule has 0 radical (unpaired) electrons. The van der Waals surface area contributed by atoms with Crippen LogP contribution >= 0.6 is 11.6 Å². The lowest BCUT2D eigenvalue weighted by atomic mass is 10.2. The van der Waals surface area contributed by atoms with Gasteiger partial charge in [-0.25, -0.2) is 12.7 Å². The molecule has 0 amide bonds. The van der Waals surface area contributed by atoms with E-state index in [-0.39, 0.29) is 4.90 Å². The van der Waals surface area contributed by atoms with Gasteiger partial charge < -0.3 is 5.32 Å². The van der Waals surface area contributed by atoms with Gasteiger partial charge in [0.1, 0.15) is 0 Å². The van der Waals surface area contributed by atoms with Gasteiger partial charge in [-0.2, -0.15) is 0 Å². The van der Waals surface area contributed by atoms with Gasteiger partial charge in [-0.15, -0.1) is 0 Å². The van der Waals surface area contributed by atoms with Gasteiger partial charge in [0.2, 0.25) is 10.0 Å². The minimum absolute atomic E-state index is 0.264. The summed E-state index contributed by atoms with van der Waals surface area (Å²) in [6.07, 6.45) is 0. The third kappa shape index (κ3) is 3.42. The highest BCUT2D eigenvalue weighted by molar-refractivity contribution is 7.89. The molecule has 6 heteroatoms. The fourth-order valence-electron chi connectivity index (χ4n) is 1.32. The van der Waals surface area contributed by atoms with E-state index in [1.165, 1.54) is 24.5 Å². The lowest BCUT2D eigenvalue weighted by molar-refractivity contribution is 0.520. The molecule has 0 bridgehead atoms. The van der Waals surface area contributed by atoms with Crippen molar-refractivity contribution in [2.75, 3.05) is 20.6 Å². The van der Waals surface area contributed by atoms with Crippen LogP contribution in [0.25, 0.3) is 0 Å². The molecule has 1 rings (SSSR count). The number of hydrogen-bond donors (Lipinski definition) is 1. The fourth-order valence-corrected chi connectivity index (χ4v) is 2.45. The molecule has 1 aromatic rings. The summed E-state index contributed by atoms with van der Waals surface area (Å²) in [5.41, 5.74) is 0.788. The Kier molecular flexibility index (Phi) is 4.94. The second kappa shape index (κ2) is 5.82. The van der Waals surface area contributed by atoms with Gasteiger partial charge in [-0.05, 0) is 30.3 Å². The molecule has 4 nitrogen and oxygen atoms in total. The van der Waals surface area contributed by atoms with Crippen LogP contribution in [0.4, 0.5) is 0 Å². The van der Waals surface area contributed by atoms with Gasteiger partial charge in [0.15, 0.2) is 0 Å². The van der Waals surface area contributed by atoms with Crippen molar-refractivity contribution in [1.29, 1.82) is 0 Å². The van der Waals surface area contributed by atoms with E-state index in [0.717, 1.165) is 12.1 Å². The minimum atomic E-state index is -3.39. The van der Waals surface area contributed by atoms with E-state index in [1.807, 2.05) is 6.92 Å². The van der Waals surface area contributed by atoms with Crippen molar-refractivity contribution in [2.24, 2.45) is 0 Å². The quantitative estimate of drug-likeness (QED) is 0.891. The third-order valence-corrected chi connectivity index (χ3v) is 4.54. The zero-order chi connectivity index (χ0) is 13.1. The van der Waals surface area contributed by atoms with Crippen molar-refractivity contribution in [2.45, 2.75) is 18.4 Å². The predicted octanol–water partition coefficient (Wildman–Crippen LogP) is 1.70. The number of hydrogen-bond acceptors (Lipinski definition) is 3. The lowest BCUT2D eigenvalue weighted by Gasteiger charge is -2.13. The molecule has 17 heavy (non-hydrogen) atoms. The van der Waals surface area contributed by atoms with Crippen molar-refractivity contribution in [1.82, 2.24) is 9.62 Å². The van der Waals surface area contributed by atoms with Crippen LogP contribution in [-0.4, -0.2) is 33.4 Å². The smallest absolute Gasteiger partial charge is 0.242 e. The van der Waals surface area contributed by atoms with E-state index in [2.05, 4.69) is 5.32 Å². The zero-order valence-corrected chi connectivity index (χ0v) is 11.8. The Bertz CT molecular complexity index is 486. The molecule has 0 aromatic heterocycles. The topological polar surface area (TPSA) is 49.4 Å². The van der Waals surface area contributed by atoms with E-state index < -0.39 is 10.0 Å². The first-order chi connectivity index (χ1) is 7.89. The maximum atomic E-state index is 11.9. The van der Waals surface area contributed by atoms with Crippen LogP contribution in [0, 0.1) is 0 Å². The van der Waals surface area contributed by atoms with Gasteiger partial charge in [-0.1, -0.05) is 18.5 Å². The van der Waals surface area contributed by atoms with Crippen LogP contribution in [0.2, 0.25) is 5.02 Å². The minimum Gasteiger partial charge on any atom is -0.313 e. The van der Waals surface area contributed by atoms with Crippen LogP contribution in [0.15, 0.2) is 23.1 Å². The summed E-state index contributed by atoms with van der Waals surface area (Å²) < 4.78 is 25.1. The number of nitrogens with one attached hydrogen (secondary N) is 1. The molecule has 1 N–H and O–H groups in total. The van der Waals surface area contributed by atoms with Crippen LogP contribution in [0.3, 0.4) is 0 Å². The number of sulfonamides is 1. The maximum Gasteiger partial charge on any atom is 0.242 e. The Labute approximate surface area is 108 Å². The van der Waals surface area contributed by atoms with Crippen LogP contribution in [-0.2, 0) is 16.6 Å². The monoisotopic (exact) mass is 276 g/mol. The van der Waals surface area contributed by atoms with Crippen molar-refractivity contribution < 1.29 is 8.42 Å². The van der Waals surface area contributed by atoms with Crippen molar-refractivity contribution in [3.8, 4) is 0 Å². The van der Waals surface area contributed by atoms with E-state index in [9.17, 15) is 8.42 Å². The number of halogens is 1. The average molecular weight is 277 g/mol. The molecule has 0 heterocycles. The molecule has 0 atom stereocenters. The molecule has 0 unspecified atom stereocenters. The average Bonchev–Trinajstić information content (AvgIpc) is 2.27. The summed E-state index contributed by atoms with van der Waals surface area (Å²) in [6, 6.07) is 4.75. The van der Waals surface area contributed by atoms with Crippen LogP contribution < -0.4 is 5.32 Å². The Balaban J connectivity index is 3.13. The molecular weight excluding hydrogens is 260 g/mol. The molecule has 0 saturated heterocycles. The SMILES string of the molecule is CCNCc1cc(S(=O)(=O)N(C)C)ccc1Cl. The van der Waals surface area contributed by atoms with Crippen molar-refractivity contribution >= 4 is 21.6 Å². The largest absolute Gasteiger partial charge is 0.313 e. The summed E-state index contributed by atoms with van der Waals surface area (Å²) in [5.74, 6) is 0. The molecule has 96 valence electrons. The zero-order valence-electron chi connectivity index (χ0n) is 10.2. The van der Waals surface area contributed by atoms with E-state index in [0.29, 0.717) is 11.6 Å². The fraction of sp³-hybridized carbons (Fsp3) is 0.455. The lowest BCUT2D eigenvalue weighted by Crippen LogP contribution is -2.22. The van der Waals surface area contributed by atoms with E-state index >= 15 is 0 Å². The van der Waals surface area contributed by atoms with Crippen LogP contribution in [0.1, 0.15) is 12.5 Å². The van der Waals surface area contributed by atoms with Gasteiger partial charge in [-0.3, -0.25) is 0 Å². The van der Waals surface area contributed by atoms with Gasteiger partial charge in [0.05, 0.1) is 4.90 Å². The first kappa shape index (κ1) is 14.4. The Hall–Kier alpha value is -0.620. The summed E-state index contributed by atoms with van der Waals surface area (Å²) >= 11 is 6.01. The third-order valence-electron chi connectivity index (χ3n) is 2.36. The predicted molar refractivity (Wildman–Crippen MR) is 69.7 cm³/mol. The first-order valence-electron chi connectivity index (χ1n) is 5.31. The standard InChI is InChI=1S/C11H17ClN2O2S/c1-4-13-8-9-7-10(5-6-11(9)12)17(15,16)14(2)3/h5-7,13H,4,8H2,1-3H3. The Morgan fingerprint density at radius 2 is 2.00 bits per heavy atom. The second-order valence-corrected chi connectivity index (χ2v) is 6.38. The second-order valence-electron chi connectivity index (χ2n) is 3.82. The normalized spacial score (nSPS) is 12.1. The number of rotatable bonds is 5. The highest BCUT2D eigenvalue weighted by Crippen LogP contribution is 2.21. The van der Waals surface area contributed by atoms with Crippen LogP contribution in [0.5, 0.6) is 0 Å². The first-order valence-corrected chi connectivity index (χ1v) is 7.13. The molecule has 0 aliphatic heterocycles. The number of benzene rings is 1. The summed E-state index contributed by atoms with van der Waals surface area (Å²) in [7, 11) is -0.379. The highest BCUT2D eigenvalue weighted by atomic mass is 35.5. The molecular formula is C11H17ClN2O2S. The molecule has 0 spiro atoms. The maximum absolute atomic E-state index is 11.9. The van der Waals surface area contributed by atoms with Crippen molar-refractivity contribution in [3.05, 3.63) is 28.8 Å². The molecule has 0 fully saturated rings. The number of nitrogens with zero attached hydrogens (tertiary/aromatic N) is 1. The molecule has 1 aromatic carbocycles. The molecule has 0 aliphatic rings. The molecule has 0 saturated carbocycles. The molecule has 0 aliphatic carbocycles. The van der Waals surface area contributed by atoms with Crippen molar-refractivity contribution in [3.63, 3.8) is 0 Å². The van der Waals surface area contributed by atoms with Gasteiger partial charge >= 0.3 is 0 Å². The van der Waals surface area contributed by atoms with E-state index in [4.69, 9.17) is 11.6 Å². The summed E-state index contributed by atoms with van der Waals surface area (Å²) in [5, 5.41) is 3.69. The van der Waals surface area contributed by atoms with Gasteiger partial charge in [0, 0.05) is 25.7 Å².